The molecule has 0 N–H and O–H groups in total. The molecule has 0 unspecified atom stereocenters. The van der Waals surface area contributed by atoms with Crippen LogP contribution in [0, 0.1) is 13.8 Å². The number of amides is 1. The number of nitrogens with zero attached hydrogens (tertiary/aromatic N) is 1. The van der Waals surface area contributed by atoms with Gasteiger partial charge in [0.1, 0.15) is 5.58 Å². The van der Waals surface area contributed by atoms with Crippen molar-refractivity contribution in [2.45, 2.75) is 38.8 Å². The van der Waals surface area contributed by atoms with Crippen LogP contribution in [0.4, 0.5) is 0 Å². The first kappa shape index (κ1) is 18.1. The van der Waals surface area contributed by atoms with Gasteiger partial charge in [-0.25, -0.2) is 0 Å². The Labute approximate surface area is 168 Å². The molecule has 5 rings (SSSR count). The quantitative estimate of drug-likeness (QED) is 0.676. The second-order valence-electron chi connectivity index (χ2n) is 8.08. The third-order valence-corrected chi connectivity index (χ3v) is 5.94. The van der Waals surface area contributed by atoms with Crippen LogP contribution in [0.1, 0.15) is 51.7 Å². The zero-order valence-corrected chi connectivity index (χ0v) is 16.6. The first-order valence-corrected chi connectivity index (χ1v) is 10.1. The molecule has 0 spiro atoms. The smallest absolute Gasteiger partial charge is 0.291 e. The summed E-state index contributed by atoms with van der Waals surface area (Å²) in [7, 11) is 0. The maximum absolute atomic E-state index is 13.4. The van der Waals surface area contributed by atoms with E-state index in [4.69, 9.17) is 9.15 Å². The summed E-state index contributed by atoms with van der Waals surface area (Å²) in [5.74, 6) is -0.0711. The second-order valence-corrected chi connectivity index (χ2v) is 8.08. The third kappa shape index (κ3) is 2.97. The van der Waals surface area contributed by atoms with Gasteiger partial charge in [-0.1, -0.05) is 35.9 Å². The molecule has 5 nitrogen and oxygen atoms in total. The van der Waals surface area contributed by atoms with E-state index in [2.05, 4.69) is 0 Å². The fourth-order valence-electron chi connectivity index (χ4n) is 4.42. The lowest BCUT2D eigenvalue weighted by Gasteiger charge is -2.27. The molecular weight excluding hydrogens is 366 g/mol. The third-order valence-electron chi connectivity index (χ3n) is 5.94. The fraction of sp³-hybridized carbons (Fsp3) is 0.333. The van der Waals surface area contributed by atoms with Crippen LogP contribution >= 0.6 is 0 Å². The monoisotopic (exact) mass is 389 g/mol. The molecule has 3 aromatic rings. The van der Waals surface area contributed by atoms with Gasteiger partial charge in [-0.15, -0.1) is 0 Å². The number of carbonyl (C=O) groups excluding carboxylic acids is 1. The Balaban J connectivity index is 1.70. The maximum atomic E-state index is 13.4. The lowest BCUT2D eigenvalue weighted by atomic mass is 9.97. The van der Waals surface area contributed by atoms with Crippen LogP contribution in [0.2, 0.25) is 0 Å². The lowest BCUT2D eigenvalue weighted by Crippen LogP contribution is -2.36. The van der Waals surface area contributed by atoms with Gasteiger partial charge in [-0.05, 0) is 49.9 Å². The second kappa shape index (κ2) is 6.85. The van der Waals surface area contributed by atoms with Crippen LogP contribution in [-0.2, 0) is 4.74 Å². The van der Waals surface area contributed by atoms with Gasteiger partial charge in [0.25, 0.3) is 5.91 Å². The molecule has 0 aliphatic carbocycles. The molecule has 2 aliphatic heterocycles. The van der Waals surface area contributed by atoms with Crippen molar-refractivity contribution in [3.8, 4) is 0 Å². The number of fused-ring (bicyclic) bond motifs is 2. The summed E-state index contributed by atoms with van der Waals surface area (Å²) in [6.45, 7) is 5.13. The average Bonchev–Trinajstić information content (AvgIpc) is 3.31. The summed E-state index contributed by atoms with van der Waals surface area (Å²) in [5.41, 5.74) is 3.80. The van der Waals surface area contributed by atoms with Crippen molar-refractivity contribution < 1.29 is 13.9 Å². The Morgan fingerprint density at radius 2 is 1.79 bits per heavy atom. The predicted molar refractivity (Wildman–Crippen MR) is 110 cm³/mol. The molecule has 1 saturated heterocycles. The minimum atomic E-state index is -0.454. The summed E-state index contributed by atoms with van der Waals surface area (Å²) < 4.78 is 11.8. The van der Waals surface area contributed by atoms with Crippen molar-refractivity contribution in [1.29, 1.82) is 0 Å². The van der Waals surface area contributed by atoms with Gasteiger partial charge < -0.3 is 14.1 Å². The average molecular weight is 389 g/mol. The number of hydrogen-bond donors (Lipinski definition) is 0. The van der Waals surface area contributed by atoms with Crippen LogP contribution in [0.25, 0.3) is 11.0 Å². The van der Waals surface area contributed by atoms with E-state index in [-0.39, 0.29) is 23.2 Å². The van der Waals surface area contributed by atoms with E-state index in [9.17, 15) is 9.59 Å². The zero-order valence-electron chi connectivity index (χ0n) is 16.6. The van der Waals surface area contributed by atoms with Gasteiger partial charge in [0.15, 0.2) is 5.43 Å². The van der Waals surface area contributed by atoms with E-state index in [0.717, 1.165) is 36.1 Å². The van der Waals surface area contributed by atoms with E-state index < -0.39 is 6.04 Å². The van der Waals surface area contributed by atoms with Crippen molar-refractivity contribution in [3.05, 3.63) is 80.7 Å². The predicted octanol–water partition coefficient (Wildman–Crippen LogP) is 4.13. The molecule has 1 amide bonds. The normalized spacial score (nSPS) is 21.2. The van der Waals surface area contributed by atoms with Gasteiger partial charge in [-0.3, -0.25) is 9.59 Å². The molecule has 2 atom stereocenters. The highest BCUT2D eigenvalue weighted by Gasteiger charge is 2.43. The minimum Gasteiger partial charge on any atom is -0.450 e. The number of ether oxygens (including phenoxy) is 1. The minimum absolute atomic E-state index is 0.00651. The Hall–Kier alpha value is -2.92. The largest absolute Gasteiger partial charge is 0.450 e. The molecule has 1 aromatic heterocycles. The summed E-state index contributed by atoms with van der Waals surface area (Å²) in [6.07, 6.45) is 1.91. The molecule has 5 heteroatoms. The number of carbonyl (C=O) groups is 1. The van der Waals surface area contributed by atoms with Crippen LogP contribution in [0.5, 0.6) is 0 Å². The van der Waals surface area contributed by atoms with Crippen molar-refractivity contribution in [2.75, 3.05) is 13.2 Å². The molecular formula is C24H23NO4. The van der Waals surface area contributed by atoms with Crippen LogP contribution < -0.4 is 5.43 Å². The first-order chi connectivity index (χ1) is 14.0. The highest BCUT2D eigenvalue weighted by atomic mass is 16.5. The molecule has 0 radical (unpaired) electrons. The standard InChI is InChI=1S/C24H23NO4/c1-14-5-8-16(9-6-14)21-20-22(26)18-10-7-15(2)12-19(18)29-23(20)24(27)25(21)13-17-4-3-11-28-17/h5-10,12,17,21H,3-4,11,13H2,1-2H3/t17-,21-/m0/s1. The molecule has 0 bridgehead atoms. The number of benzene rings is 2. The topological polar surface area (TPSA) is 59.8 Å². The van der Waals surface area contributed by atoms with Crippen molar-refractivity contribution in [1.82, 2.24) is 4.90 Å². The number of rotatable bonds is 3. The fourth-order valence-corrected chi connectivity index (χ4v) is 4.42. The van der Waals surface area contributed by atoms with Gasteiger partial charge in [0.05, 0.1) is 23.1 Å². The Bertz CT molecular complexity index is 1160. The summed E-state index contributed by atoms with van der Waals surface area (Å²) in [5, 5.41) is 0.512. The molecule has 148 valence electrons. The molecule has 1 fully saturated rings. The summed E-state index contributed by atoms with van der Waals surface area (Å²) in [4.78, 5) is 28.5. The zero-order chi connectivity index (χ0) is 20.1. The summed E-state index contributed by atoms with van der Waals surface area (Å²) >= 11 is 0. The van der Waals surface area contributed by atoms with Crippen LogP contribution in [-0.4, -0.2) is 30.1 Å². The Morgan fingerprint density at radius 3 is 2.52 bits per heavy atom. The highest BCUT2D eigenvalue weighted by Crippen LogP contribution is 2.39. The molecule has 3 heterocycles. The molecule has 2 aromatic carbocycles. The SMILES string of the molecule is Cc1ccc([C@H]2c3c(oc4cc(C)ccc4c3=O)C(=O)N2C[C@@H]2CCCO2)cc1. The summed E-state index contributed by atoms with van der Waals surface area (Å²) in [6, 6.07) is 13.0. The number of aryl methyl sites for hydroxylation is 2. The Morgan fingerprint density at radius 1 is 1.03 bits per heavy atom. The molecule has 29 heavy (non-hydrogen) atoms. The maximum Gasteiger partial charge on any atom is 0.291 e. The van der Waals surface area contributed by atoms with Crippen molar-refractivity contribution in [2.24, 2.45) is 0 Å². The van der Waals surface area contributed by atoms with Crippen molar-refractivity contribution in [3.63, 3.8) is 0 Å². The Kier molecular flexibility index (Phi) is 4.28. The van der Waals surface area contributed by atoms with E-state index in [1.54, 1.807) is 11.0 Å². The van der Waals surface area contributed by atoms with Crippen molar-refractivity contribution >= 4 is 16.9 Å². The molecule has 0 saturated carbocycles. The van der Waals surface area contributed by atoms with E-state index in [0.29, 0.717) is 23.1 Å². The van der Waals surface area contributed by atoms with Gasteiger partial charge in [0, 0.05) is 13.2 Å². The van der Waals surface area contributed by atoms with Crippen LogP contribution in [0.15, 0.2) is 51.7 Å². The van der Waals surface area contributed by atoms with Crippen LogP contribution in [0.3, 0.4) is 0 Å². The van der Waals surface area contributed by atoms with Gasteiger partial charge in [0.2, 0.25) is 5.76 Å². The lowest BCUT2D eigenvalue weighted by molar-refractivity contribution is 0.0486. The first-order valence-electron chi connectivity index (χ1n) is 10.1. The van der Waals surface area contributed by atoms with Gasteiger partial charge >= 0.3 is 0 Å². The van der Waals surface area contributed by atoms with Gasteiger partial charge in [-0.2, -0.15) is 0 Å². The van der Waals surface area contributed by atoms with E-state index in [1.165, 1.54) is 0 Å². The molecule has 2 aliphatic rings. The van der Waals surface area contributed by atoms with E-state index >= 15 is 0 Å². The van der Waals surface area contributed by atoms with E-state index in [1.807, 2.05) is 50.2 Å². The number of hydrogen-bond acceptors (Lipinski definition) is 4. The highest BCUT2D eigenvalue weighted by molar-refractivity contribution is 5.99.